The van der Waals surface area contributed by atoms with Crippen LogP contribution in [0.2, 0.25) is 0 Å². The Labute approximate surface area is 133 Å². The lowest BCUT2D eigenvalue weighted by molar-refractivity contribution is 0.415. The van der Waals surface area contributed by atoms with Crippen molar-refractivity contribution in [2.45, 2.75) is 13.5 Å². The smallest absolute Gasteiger partial charge is 0.243 e. The molecule has 23 heavy (non-hydrogen) atoms. The summed E-state index contributed by atoms with van der Waals surface area (Å²) in [5.41, 5.74) is 3.38. The van der Waals surface area contributed by atoms with Crippen LogP contribution in [0.3, 0.4) is 0 Å². The number of ether oxygens (including phenoxy) is 1. The van der Waals surface area contributed by atoms with E-state index in [-0.39, 0.29) is 0 Å². The molecule has 3 rings (SSSR count). The van der Waals surface area contributed by atoms with E-state index in [1.54, 1.807) is 25.7 Å². The molecule has 116 valence electrons. The molecule has 1 N–H and O–H groups in total. The molecular weight excluding hydrogens is 292 g/mol. The third kappa shape index (κ3) is 3.76. The van der Waals surface area contributed by atoms with Crippen molar-refractivity contribution >= 4 is 5.95 Å². The number of nitrogens with one attached hydrogen (secondary N) is 1. The van der Waals surface area contributed by atoms with Gasteiger partial charge >= 0.3 is 0 Å². The zero-order chi connectivity index (χ0) is 16.1. The highest BCUT2D eigenvalue weighted by Gasteiger charge is 2.04. The molecule has 7 heteroatoms. The summed E-state index contributed by atoms with van der Waals surface area (Å²) in [6, 6.07) is 7.62. The summed E-state index contributed by atoms with van der Waals surface area (Å²) in [7, 11) is 1.64. The summed E-state index contributed by atoms with van der Waals surface area (Å²) >= 11 is 0. The lowest BCUT2D eigenvalue weighted by Gasteiger charge is -2.06. The Balaban J connectivity index is 1.72. The highest BCUT2D eigenvalue weighted by molar-refractivity contribution is 5.60. The first-order valence-corrected chi connectivity index (χ1v) is 7.10. The summed E-state index contributed by atoms with van der Waals surface area (Å²) in [5.74, 6) is 1.24. The number of anilines is 1. The van der Waals surface area contributed by atoms with E-state index in [4.69, 9.17) is 4.74 Å². The summed E-state index contributed by atoms with van der Waals surface area (Å²) < 4.78 is 5.15. The number of nitrogens with zero attached hydrogens (tertiary/aromatic N) is 5. The van der Waals surface area contributed by atoms with Gasteiger partial charge in [0.2, 0.25) is 5.95 Å². The molecule has 0 aliphatic carbocycles. The third-order valence-electron chi connectivity index (χ3n) is 3.21. The van der Waals surface area contributed by atoms with Gasteiger partial charge in [0.05, 0.1) is 43.1 Å². The minimum absolute atomic E-state index is 0.445. The number of aryl methyl sites for hydroxylation is 1. The predicted molar refractivity (Wildman–Crippen MR) is 85.9 cm³/mol. The van der Waals surface area contributed by atoms with Gasteiger partial charge in [0.1, 0.15) is 5.75 Å². The third-order valence-corrected chi connectivity index (χ3v) is 3.21. The Hall–Kier alpha value is -3.09. The van der Waals surface area contributed by atoms with E-state index in [2.05, 4.69) is 30.5 Å². The molecule has 0 radical (unpaired) electrons. The average Bonchev–Trinajstić information content (AvgIpc) is 2.61. The van der Waals surface area contributed by atoms with Crippen molar-refractivity contribution in [3.05, 3.63) is 54.2 Å². The van der Waals surface area contributed by atoms with Crippen LogP contribution in [0.1, 0.15) is 11.4 Å². The fraction of sp³-hybridized carbons (Fsp3) is 0.188. The second-order valence-corrected chi connectivity index (χ2v) is 4.90. The number of methoxy groups -OCH3 is 1. The van der Waals surface area contributed by atoms with Gasteiger partial charge in [-0.1, -0.05) is 0 Å². The molecule has 2 heterocycles. The maximum absolute atomic E-state index is 5.15. The van der Waals surface area contributed by atoms with E-state index in [9.17, 15) is 0 Å². The van der Waals surface area contributed by atoms with Crippen molar-refractivity contribution in [2.75, 3.05) is 12.4 Å². The SMILES string of the molecule is COc1ccc(-c2cnnc(NCc3cnc(C)cn3)n2)cc1. The van der Waals surface area contributed by atoms with Crippen molar-refractivity contribution in [1.29, 1.82) is 0 Å². The normalized spacial score (nSPS) is 10.3. The number of benzene rings is 1. The van der Waals surface area contributed by atoms with Gasteiger partial charge in [0.25, 0.3) is 0 Å². The molecule has 0 saturated carbocycles. The largest absolute Gasteiger partial charge is 0.497 e. The van der Waals surface area contributed by atoms with Crippen LogP contribution in [0.5, 0.6) is 5.75 Å². The standard InChI is InChI=1S/C16H16N6O/c1-11-7-18-13(8-17-11)9-19-16-21-15(10-20-22-16)12-3-5-14(23-2)6-4-12/h3-8,10H,9H2,1-2H3,(H,19,21,22). The van der Waals surface area contributed by atoms with Gasteiger partial charge in [0.15, 0.2) is 0 Å². The molecule has 0 bridgehead atoms. The number of aromatic nitrogens is 5. The lowest BCUT2D eigenvalue weighted by Crippen LogP contribution is -2.07. The van der Waals surface area contributed by atoms with Gasteiger partial charge in [-0.25, -0.2) is 4.98 Å². The van der Waals surface area contributed by atoms with Crippen LogP contribution in [0.25, 0.3) is 11.3 Å². The van der Waals surface area contributed by atoms with Crippen molar-refractivity contribution in [2.24, 2.45) is 0 Å². The Bertz CT molecular complexity index is 773. The topological polar surface area (TPSA) is 85.7 Å². The van der Waals surface area contributed by atoms with Crippen molar-refractivity contribution in [3.63, 3.8) is 0 Å². The van der Waals surface area contributed by atoms with Crippen LogP contribution in [0, 0.1) is 6.92 Å². The zero-order valence-corrected chi connectivity index (χ0v) is 12.9. The maximum Gasteiger partial charge on any atom is 0.243 e. The van der Waals surface area contributed by atoms with Gasteiger partial charge in [-0.3, -0.25) is 9.97 Å². The summed E-state index contributed by atoms with van der Waals surface area (Å²) in [6.45, 7) is 2.39. The first kappa shape index (κ1) is 14.8. The van der Waals surface area contributed by atoms with E-state index in [1.807, 2.05) is 31.2 Å². The van der Waals surface area contributed by atoms with Gasteiger partial charge < -0.3 is 10.1 Å². The summed E-state index contributed by atoms with van der Waals surface area (Å²) in [6.07, 6.45) is 5.08. The first-order chi connectivity index (χ1) is 11.2. The maximum atomic E-state index is 5.15. The summed E-state index contributed by atoms with van der Waals surface area (Å²) in [4.78, 5) is 12.9. The van der Waals surface area contributed by atoms with Crippen LogP contribution in [-0.4, -0.2) is 32.3 Å². The second kappa shape index (κ2) is 6.78. The molecule has 0 atom stereocenters. The Kier molecular flexibility index (Phi) is 4.37. The van der Waals surface area contributed by atoms with E-state index in [1.165, 1.54) is 0 Å². The average molecular weight is 308 g/mol. The van der Waals surface area contributed by atoms with E-state index < -0.39 is 0 Å². The van der Waals surface area contributed by atoms with Gasteiger partial charge in [-0.05, 0) is 31.2 Å². The molecule has 0 unspecified atom stereocenters. The molecule has 3 aromatic rings. The number of rotatable bonds is 5. The second-order valence-electron chi connectivity index (χ2n) is 4.90. The van der Waals surface area contributed by atoms with E-state index >= 15 is 0 Å². The van der Waals surface area contributed by atoms with Crippen molar-refractivity contribution < 1.29 is 4.74 Å². The summed E-state index contributed by atoms with van der Waals surface area (Å²) in [5, 5.41) is 11.1. The minimum atomic E-state index is 0.445. The van der Waals surface area contributed by atoms with Crippen molar-refractivity contribution in [1.82, 2.24) is 25.1 Å². The molecule has 7 nitrogen and oxygen atoms in total. The Morgan fingerprint density at radius 1 is 1.04 bits per heavy atom. The van der Waals surface area contributed by atoms with Crippen LogP contribution < -0.4 is 10.1 Å². The molecular formula is C16H16N6O. The number of hydrogen-bond acceptors (Lipinski definition) is 7. The fourth-order valence-electron chi connectivity index (χ4n) is 1.96. The molecule has 0 aliphatic rings. The molecule has 0 spiro atoms. The zero-order valence-electron chi connectivity index (χ0n) is 12.9. The monoisotopic (exact) mass is 308 g/mol. The van der Waals surface area contributed by atoms with Crippen LogP contribution >= 0.6 is 0 Å². The molecule has 2 aromatic heterocycles. The quantitative estimate of drug-likeness (QED) is 0.773. The van der Waals surface area contributed by atoms with Gasteiger partial charge in [-0.2, -0.15) is 5.10 Å². The first-order valence-electron chi connectivity index (χ1n) is 7.10. The highest BCUT2D eigenvalue weighted by Crippen LogP contribution is 2.20. The Morgan fingerprint density at radius 3 is 2.57 bits per heavy atom. The fourth-order valence-corrected chi connectivity index (χ4v) is 1.96. The highest BCUT2D eigenvalue weighted by atomic mass is 16.5. The van der Waals surface area contributed by atoms with Crippen LogP contribution in [-0.2, 0) is 6.54 Å². The van der Waals surface area contributed by atoms with Crippen LogP contribution in [0.15, 0.2) is 42.9 Å². The minimum Gasteiger partial charge on any atom is -0.497 e. The molecule has 1 aromatic carbocycles. The molecule has 0 amide bonds. The predicted octanol–water partition coefficient (Wildman–Crippen LogP) is 2.26. The Morgan fingerprint density at radius 2 is 1.87 bits per heavy atom. The van der Waals surface area contributed by atoms with E-state index in [0.29, 0.717) is 12.5 Å². The van der Waals surface area contributed by atoms with Gasteiger partial charge in [0, 0.05) is 11.8 Å². The van der Waals surface area contributed by atoms with Gasteiger partial charge in [-0.15, -0.1) is 5.10 Å². The molecule has 0 aliphatic heterocycles. The lowest BCUT2D eigenvalue weighted by atomic mass is 10.1. The number of hydrogen-bond donors (Lipinski definition) is 1. The molecule has 0 fully saturated rings. The van der Waals surface area contributed by atoms with E-state index in [0.717, 1.165) is 28.4 Å². The van der Waals surface area contributed by atoms with Crippen molar-refractivity contribution in [3.8, 4) is 17.0 Å². The molecule has 0 saturated heterocycles. The van der Waals surface area contributed by atoms with Crippen LogP contribution in [0.4, 0.5) is 5.95 Å².